The van der Waals surface area contributed by atoms with Crippen LogP contribution >= 0.6 is 11.6 Å². The summed E-state index contributed by atoms with van der Waals surface area (Å²) in [7, 11) is 0. The average molecular weight is 333 g/mol. The van der Waals surface area contributed by atoms with Crippen molar-refractivity contribution in [1.29, 1.82) is 0 Å². The third-order valence-electron chi connectivity index (χ3n) is 3.56. The van der Waals surface area contributed by atoms with Gasteiger partial charge in [-0.25, -0.2) is 0 Å². The maximum absolute atomic E-state index is 11.9. The maximum atomic E-state index is 11.9. The van der Waals surface area contributed by atoms with Crippen LogP contribution in [-0.4, -0.2) is 17.7 Å². The Kier molecular flexibility index (Phi) is 4.16. The number of carbonyl (C=O) groups is 3. The molecule has 1 aliphatic rings. The molecule has 3 amide bonds. The average Bonchev–Trinajstić information content (AvgIpc) is 3.07. The van der Waals surface area contributed by atoms with Crippen molar-refractivity contribution in [1.82, 2.24) is 5.32 Å². The summed E-state index contributed by atoms with van der Waals surface area (Å²) in [6, 6.07) is 10.1. The zero-order chi connectivity index (χ0) is 16.4. The first-order valence-corrected chi connectivity index (χ1v) is 7.38. The van der Waals surface area contributed by atoms with Crippen LogP contribution in [-0.2, 0) is 16.0 Å². The Bertz CT molecular complexity index is 767. The van der Waals surface area contributed by atoms with Gasteiger partial charge in [-0.3, -0.25) is 19.7 Å². The first-order valence-electron chi connectivity index (χ1n) is 7.00. The Morgan fingerprint density at radius 1 is 1.22 bits per heavy atom. The van der Waals surface area contributed by atoms with Crippen LogP contribution in [0.4, 0.5) is 5.69 Å². The number of halogens is 1. The third kappa shape index (κ3) is 3.60. The number of anilines is 1. The summed E-state index contributed by atoms with van der Waals surface area (Å²) < 4.78 is 5.03. The molecule has 2 N–H and O–H groups in total. The van der Waals surface area contributed by atoms with Crippen molar-refractivity contribution in [2.75, 3.05) is 5.32 Å². The number of benzene rings is 1. The third-order valence-corrected chi connectivity index (χ3v) is 3.76. The molecule has 1 atom stereocenters. The van der Waals surface area contributed by atoms with Gasteiger partial charge in [-0.2, -0.15) is 0 Å². The Labute approximate surface area is 136 Å². The molecular formula is C16H13ClN2O4. The van der Waals surface area contributed by atoms with Crippen LogP contribution in [0.2, 0.25) is 5.22 Å². The van der Waals surface area contributed by atoms with E-state index in [1.165, 1.54) is 12.1 Å². The summed E-state index contributed by atoms with van der Waals surface area (Å²) in [5.41, 5.74) is 1.51. The Hall–Kier alpha value is -2.60. The van der Waals surface area contributed by atoms with Crippen LogP contribution in [0.25, 0.3) is 0 Å². The largest absolute Gasteiger partial charge is 0.440 e. The standard InChI is InChI=1S/C16H13ClN2O4/c17-13-6-5-12(23-13)16(22)18-11-3-1-9(2-4-11)7-10-8-14(20)19-15(10)21/h1-6,10H,7-8H2,(H,18,22)(H,19,20,21)/t10-/m0/s1. The van der Waals surface area contributed by atoms with E-state index in [2.05, 4.69) is 10.6 Å². The molecule has 2 heterocycles. The molecular weight excluding hydrogens is 320 g/mol. The molecule has 0 aliphatic carbocycles. The van der Waals surface area contributed by atoms with Crippen LogP contribution < -0.4 is 10.6 Å². The highest BCUT2D eigenvalue weighted by Crippen LogP contribution is 2.20. The van der Waals surface area contributed by atoms with Crippen molar-refractivity contribution in [3.63, 3.8) is 0 Å². The van der Waals surface area contributed by atoms with Crippen LogP contribution in [0.3, 0.4) is 0 Å². The van der Waals surface area contributed by atoms with E-state index in [0.29, 0.717) is 12.1 Å². The second-order valence-corrected chi connectivity index (χ2v) is 5.64. The van der Waals surface area contributed by atoms with Crippen LogP contribution in [0.5, 0.6) is 0 Å². The van der Waals surface area contributed by atoms with Gasteiger partial charge in [0, 0.05) is 12.1 Å². The molecule has 1 saturated heterocycles. The zero-order valence-electron chi connectivity index (χ0n) is 12.0. The van der Waals surface area contributed by atoms with Gasteiger partial charge in [0.25, 0.3) is 5.91 Å². The van der Waals surface area contributed by atoms with E-state index in [0.717, 1.165) is 5.56 Å². The molecule has 7 heteroatoms. The lowest BCUT2D eigenvalue weighted by molar-refractivity contribution is -0.125. The smallest absolute Gasteiger partial charge is 0.291 e. The van der Waals surface area contributed by atoms with Gasteiger partial charge >= 0.3 is 0 Å². The van der Waals surface area contributed by atoms with E-state index < -0.39 is 5.91 Å². The highest BCUT2D eigenvalue weighted by molar-refractivity contribution is 6.29. The summed E-state index contributed by atoms with van der Waals surface area (Å²) in [4.78, 5) is 34.6. The van der Waals surface area contributed by atoms with Gasteiger partial charge < -0.3 is 9.73 Å². The minimum absolute atomic E-state index is 0.125. The van der Waals surface area contributed by atoms with Crippen LogP contribution in [0.15, 0.2) is 40.8 Å². The van der Waals surface area contributed by atoms with E-state index in [1.54, 1.807) is 24.3 Å². The van der Waals surface area contributed by atoms with Crippen molar-refractivity contribution >= 4 is 35.0 Å². The van der Waals surface area contributed by atoms with Crippen molar-refractivity contribution in [2.45, 2.75) is 12.8 Å². The number of hydrogen-bond donors (Lipinski definition) is 2. The molecule has 0 radical (unpaired) electrons. The van der Waals surface area contributed by atoms with E-state index in [-0.39, 0.29) is 35.1 Å². The monoisotopic (exact) mass is 332 g/mol. The number of hydrogen-bond acceptors (Lipinski definition) is 4. The summed E-state index contributed by atoms with van der Waals surface area (Å²) in [6.45, 7) is 0. The van der Waals surface area contributed by atoms with Gasteiger partial charge in [-0.1, -0.05) is 12.1 Å². The fraction of sp³-hybridized carbons (Fsp3) is 0.188. The van der Waals surface area contributed by atoms with E-state index in [1.807, 2.05) is 0 Å². The summed E-state index contributed by atoms with van der Waals surface area (Å²) in [5, 5.41) is 5.12. The highest BCUT2D eigenvalue weighted by atomic mass is 35.5. The Balaban J connectivity index is 1.62. The Morgan fingerprint density at radius 2 is 1.96 bits per heavy atom. The van der Waals surface area contributed by atoms with Crippen LogP contribution in [0, 0.1) is 5.92 Å². The molecule has 3 rings (SSSR count). The first kappa shape index (κ1) is 15.3. The van der Waals surface area contributed by atoms with Crippen LogP contribution in [0.1, 0.15) is 22.5 Å². The fourth-order valence-corrected chi connectivity index (χ4v) is 2.56. The maximum Gasteiger partial charge on any atom is 0.291 e. The lowest BCUT2D eigenvalue weighted by Crippen LogP contribution is -2.22. The van der Waals surface area contributed by atoms with E-state index in [9.17, 15) is 14.4 Å². The van der Waals surface area contributed by atoms with Gasteiger partial charge in [0.1, 0.15) is 0 Å². The summed E-state index contributed by atoms with van der Waals surface area (Å²) >= 11 is 5.63. The second kappa shape index (κ2) is 6.26. The molecule has 6 nitrogen and oxygen atoms in total. The number of imide groups is 1. The lowest BCUT2D eigenvalue weighted by atomic mass is 9.98. The molecule has 0 saturated carbocycles. The molecule has 1 aromatic carbocycles. The minimum Gasteiger partial charge on any atom is -0.440 e. The molecule has 1 aromatic heterocycles. The quantitative estimate of drug-likeness (QED) is 0.841. The number of furan rings is 1. The van der Waals surface area contributed by atoms with Gasteiger partial charge in [-0.15, -0.1) is 0 Å². The molecule has 0 unspecified atom stereocenters. The fourth-order valence-electron chi connectivity index (χ4n) is 2.41. The topological polar surface area (TPSA) is 88.4 Å². The summed E-state index contributed by atoms with van der Waals surface area (Å²) in [6.07, 6.45) is 0.705. The van der Waals surface area contributed by atoms with Gasteiger partial charge in [0.15, 0.2) is 11.0 Å². The first-order chi connectivity index (χ1) is 11.0. The molecule has 1 fully saturated rings. The normalized spacial score (nSPS) is 17.2. The molecule has 0 spiro atoms. The predicted octanol–water partition coefficient (Wildman–Crippen LogP) is 2.39. The van der Waals surface area contributed by atoms with Crippen molar-refractivity contribution in [3.05, 3.63) is 52.9 Å². The van der Waals surface area contributed by atoms with Gasteiger partial charge in [0.05, 0.1) is 5.92 Å². The van der Waals surface area contributed by atoms with E-state index in [4.69, 9.17) is 16.0 Å². The number of amides is 3. The second-order valence-electron chi connectivity index (χ2n) is 5.27. The zero-order valence-corrected chi connectivity index (χ0v) is 12.7. The van der Waals surface area contributed by atoms with E-state index >= 15 is 0 Å². The molecule has 23 heavy (non-hydrogen) atoms. The molecule has 2 aromatic rings. The van der Waals surface area contributed by atoms with Gasteiger partial charge in [0.2, 0.25) is 11.8 Å². The number of carbonyl (C=O) groups excluding carboxylic acids is 3. The number of rotatable bonds is 4. The highest BCUT2D eigenvalue weighted by Gasteiger charge is 2.30. The molecule has 0 bridgehead atoms. The molecule has 118 valence electrons. The molecule has 1 aliphatic heterocycles. The summed E-state index contributed by atoms with van der Waals surface area (Å²) in [5.74, 6) is -1.07. The van der Waals surface area contributed by atoms with Crippen molar-refractivity contribution in [2.24, 2.45) is 5.92 Å². The number of nitrogens with one attached hydrogen (secondary N) is 2. The lowest BCUT2D eigenvalue weighted by Gasteiger charge is -2.08. The van der Waals surface area contributed by atoms with Gasteiger partial charge in [-0.05, 0) is 47.9 Å². The minimum atomic E-state index is -0.398. The SMILES string of the molecule is O=C1C[C@H](Cc2ccc(NC(=O)c3ccc(Cl)o3)cc2)C(=O)N1. The predicted molar refractivity (Wildman–Crippen MR) is 83.1 cm³/mol. The Morgan fingerprint density at radius 3 is 2.52 bits per heavy atom. The van der Waals surface area contributed by atoms with Crippen molar-refractivity contribution < 1.29 is 18.8 Å². The van der Waals surface area contributed by atoms with Crippen molar-refractivity contribution in [3.8, 4) is 0 Å².